The van der Waals surface area contributed by atoms with Crippen molar-refractivity contribution >= 4 is 5.91 Å². The lowest BCUT2D eigenvalue weighted by Crippen LogP contribution is -2.74. The number of carbonyl (C=O) groups is 1. The molecule has 7 unspecified atom stereocenters. The summed E-state index contributed by atoms with van der Waals surface area (Å²) < 4.78 is 28.9. The van der Waals surface area contributed by atoms with Gasteiger partial charge in [0, 0.05) is 50.5 Å². The molecule has 1 aromatic rings. The van der Waals surface area contributed by atoms with Gasteiger partial charge in [0.1, 0.15) is 17.5 Å². The molecule has 8 atom stereocenters. The highest BCUT2D eigenvalue weighted by Gasteiger charge is 2.55. The first-order valence-corrected chi connectivity index (χ1v) is 15.2. The van der Waals surface area contributed by atoms with Crippen molar-refractivity contribution in [1.29, 1.82) is 5.26 Å². The van der Waals surface area contributed by atoms with Gasteiger partial charge in [-0.1, -0.05) is 24.8 Å². The van der Waals surface area contributed by atoms with Gasteiger partial charge in [-0.15, -0.1) is 0 Å². The van der Waals surface area contributed by atoms with Crippen LogP contribution in [0.3, 0.4) is 0 Å². The SMILES string of the molecule is C=CC(=O)N1CCN(C2NC(OCC3CCCN3C)NC3C[C@]4(CCC32)Oc2ccccc2CC4F)CC1CC#N. The number of piperazine rings is 1. The van der Waals surface area contributed by atoms with Crippen LogP contribution in [-0.4, -0.2) is 103 Å². The summed E-state index contributed by atoms with van der Waals surface area (Å²) in [4.78, 5) is 19.0. The largest absolute Gasteiger partial charge is 0.484 e. The molecule has 9 nitrogen and oxygen atoms in total. The highest BCUT2D eigenvalue weighted by Crippen LogP contribution is 2.46. The van der Waals surface area contributed by atoms with Gasteiger partial charge in [-0.25, -0.2) is 4.39 Å². The Morgan fingerprint density at radius 1 is 1.27 bits per heavy atom. The summed E-state index contributed by atoms with van der Waals surface area (Å²) in [6.07, 6.45) is 4.77. The first-order valence-electron chi connectivity index (χ1n) is 15.2. The number of fused-ring (bicyclic) bond motifs is 2. The van der Waals surface area contributed by atoms with Crippen LogP contribution in [0.4, 0.5) is 4.39 Å². The number of rotatable bonds is 6. The molecule has 1 amide bonds. The number of para-hydroxylation sites is 1. The molecule has 4 heterocycles. The average Bonchev–Trinajstić information content (AvgIpc) is 3.40. The van der Waals surface area contributed by atoms with E-state index in [1.165, 1.54) is 12.5 Å². The first kappa shape index (κ1) is 28.6. The van der Waals surface area contributed by atoms with E-state index in [0.717, 1.165) is 30.7 Å². The third-order valence-electron chi connectivity index (χ3n) is 10.2. The third kappa shape index (κ3) is 5.63. The molecule has 1 spiro atoms. The standard InChI is InChI=1S/C31H43FN6O3/c1-3-28(39)38-16-15-37(19-22(38)11-13-33)29-24-10-12-31(27(32)17-21-7-4-5-9-26(21)41-31)18-25(24)34-30(35-29)40-20-23-8-6-14-36(23)2/h3-5,7,9,22-25,27,29-30,34-35H,1,6,8,10-12,14-20H2,2H3/t22?,23?,24?,25?,27?,29?,30?,31-/m0/s1. The van der Waals surface area contributed by atoms with E-state index in [-0.39, 0.29) is 42.8 Å². The fraction of sp³-hybridized carbons (Fsp3) is 0.677. The van der Waals surface area contributed by atoms with E-state index in [4.69, 9.17) is 9.47 Å². The lowest BCUT2D eigenvalue weighted by molar-refractivity contribution is -0.145. The van der Waals surface area contributed by atoms with Crippen LogP contribution < -0.4 is 15.4 Å². The number of nitrogens with zero attached hydrogens (tertiary/aromatic N) is 4. The second-order valence-corrected chi connectivity index (χ2v) is 12.5. The zero-order valence-electron chi connectivity index (χ0n) is 24.0. The molecule has 3 saturated heterocycles. The number of halogens is 1. The smallest absolute Gasteiger partial charge is 0.246 e. The summed E-state index contributed by atoms with van der Waals surface area (Å²) in [7, 11) is 2.14. The van der Waals surface area contributed by atoms with Crippen LogP contribution in [0.15, 0.2) is 36.9 Å². The van der Waals surface area contributed by atoms with Crippen molar-refractivity contribution in [2.45, 2.75) is 87.4 Å². The van der Waals surface area contributed by atoms with Crippen molar-refractivity contribution in [2.75, 3.05) is 39.8 Å². The van der Waals surface area contributed by atoms with Gasteiger partial charge in [0.05, 0.1) is 31.3 Å². The van der Waals surface area contributed by atoms with Gasteiger partial charge in [0.25, 0.3) is 0 Å². The minimum absolute atomic E-state index is 0.00734. The fourth-order valence-corrected chi connectivity index (χ4v) is 7.82. The van der Waals surface area contributed by atoms with Crippen molar-refractivity contribution < 1.29 is 18.7 Å². The number of benzene rings is 1. The quantitative estimate of drug-likeness (QED) is 0.508. The highest BCUT2D eigenvalue weighted by atomic mass is 19.1. The monoisotopic (exact) mass is 566 g/mol. The molecule has 5 aliphatic rings. The predicted octanol–water partition coefficient (Wildman–Crippen LogP) is 2.39. The maximum absolute atomic E-state index is 15.9. The molecule has 4 fully saturated rings. The van der Waals surface area contributed by atoms with Gasteiger partial charge in [-0.05, 0) is 57.0 Å². The number of nitriles is 1. The Kier molecular flexibility index (Phi) is 8.35. The van der Waals surface area contributed by atoms with E-state index in [2.05, 4.69) is 40.1 Å². The zero-order chi connectivity index (χ0) is 28.6. The molecule has 0 bridgehead atoms. The van der Waals surface area contributed by atoms with E-state index in [1.54, 1.807) is 4.90 Å². The number of likely N-dealkylation sites (N-methyl/N-ethyl adjacent to an activating group) is 1. The fourth-order valence-electron chi connectivity index (χ4n) is 7.82. The number of ether oxygens (including phenoxy) is 2. The minimum atomic E-state index is -1.08. The second-order valence-electron chi connectivity index (χ2n) is 12.5. The lowest BCUT2D eigenvalue weighted by Gasteiger charge is -2.56. The van der Waals surface area contributed by atoms with Crippen molar-refractivity contribution in [3.05, 3.63) is 42.5 Å². The summed E-state index contributed by atoms with van der Waals surface area (Å²) in [6.45, 7) is 7.16. The second kappa shape index (κ2) is 12.0. The summed E-state index contributed by atoms with van der Waals surface area (Å²) >= 11 is 0. The van der Waals surface area contributed by atoms with E-state index in [1.807, 2.05) is 24.3 Å². The molecule has 4 aliphatic heterocycles. The van der Waals surface area contributed by atoms with Crippen molar-refractivity contribution in [3.8, 4) is 11.8 Å². The molecule has 10 heteroatoms. The van der Waals surface area contributed by atoms with Gasteiger partial charge < -0.3 is 19.3 Å². The Bertz CT molecular complexity index is 1160. The lowest BCUT2D eigenvalue weighted by atomic mass is 9.69. The normalized spacial score (nSPS) is 37.6. The van der Waals surface area contributed by atoms with Crippen LogP contribution in [-0.2, 0) is 16.0 Å². The molecule has 1 aromatic carbocycles. The van der Waals surface area contributed by atoms with E-state index in [0.29, 0.717) is 51.5 Å². The van der Waals surface area contributed by atoms with Crippen LogP contribution in [0.2, 0.25) is 0 Å². The number of carbonyl (C=O) groups excluding carboxylic acids is 1. The number of nitrogens with one attached hydrogen (secondary N) is 2. The van der Waals surface area contributed by atoms with Crippen molar-refractivity contribution in [3.63, 3.8) is 0 Å². The summed E-state index contributed by atoms with van der Waals surface area (Å²) in [5.41, 5.74) is 0.0697. The highest BCUT2D eigenvalue weighted by molar-refractivity contribution is 5.87. The van der Waals surface area contributed by atoms with Gasteiger partial charge in [0.2, 0.25) is 5.91 Å². The van der Waals surface area contributed by atoms with E-state index < -0.39 is 11.8 Å². The third-order valence-corrected chi connectivity index (χ3v) is 10.2. The number of hydrogen-bond acceptors (Lipinski definition) is 8. The molecule has 222 valence electrons. The zero-order valence-corrected chi connectivity index (χ0v) is 24.0. The van der Waals surface area contributed by atoms with Crippen molar-refractivity contribution in [1.82, 2.24) is 25.3 Å². The molecular formula is C31H43FN6O3. The van der Waals surface area contributed by atoms with Gasteiger partial charge in [-0.2, -0.15) is 5.26 Å². The predicted molar refractivity (Wildman–Crippen MR) is 152 cm³/mol. The van der Waals surface area contributed by atoms with Crippen LogP contribution >= 0.6 is 0 Å². The van der Waals surface area contributed by atoms with E-state index in [9.17, 15) is 10.1 Å². The van der Waals surface area contributed by atoms with Crippen molar-refractivity contribution in [2.24, 2.45) is 5.92 Å². The van der Waals surface area contributed by atoms with Crippen LogP contribution in [0.5, 0.6) is 5.75 Å². The maximum atomic E-state index is 15.9. The molecule has 41 heavy (non-hydrogen) atoms. The number of hydrogen-bond donors (Lipinski definition) is 2. The topological polar surface area (TPSA) is 93.1 Å². The molecule has 1 aliphatic carbocycles. The Balaban J connectivity index is 1.22. The van der Waals surface area contributed by atoms with Crippen LogP contribution in [0, 0.1) is 17.2 Å². The molecule has 2 N–H and O–H groups in total. The van der Waals surface area contributed by atoms with Crippen LogP contribution in [0.1, 0.15) is 44.1 Å². The number of amides is 1. The molecule has 0 radical (unpaired) electrons. The first-order chi connectivity index (χ1) is 19.9. The number of likely N-dealkylation sites (tertiary alicyclic amines) is 1. The minimum Gasteiger partial charge on any atom is -0.484 e. The van der Waals surface area contributed by atoms with Gasteiger partial charge >= 0.3 is 0 Å². The molecular weight excluding hydrogens is 523 g/mol. The molecule has 0 aromatic heterocycles. The Morgan fingerprint density at radius 2 is 2.12 bits per heavy atom. The Labute approximate surface area is 242 Å². The van der Waals surface area contributed by atoms with Gasteiger partial charge in [-0.3, -0.25) is 20.3 Å². The van der Waals surface area contributed by atoms with Crippen LogP contribution in [0.25, 0.3) is 0 Å². The Morgan fingerprint density at radius 3 is 2.90 bits per heavy atom. The summed E-state index contributed by atoms with van der Waals surface area (Å²) in [6, 6.07) is 10.2. The summed E-state index contributed by atoms with van der Waals surface area (Å²) in [5.74, 6) is 0.864. The maximum Gasteiger partial charge on any atom is 0.246 e. The summed E-state index contributed by atoms with van der Waals surface area (Å²) in [5, 5.41) is 16.9. The molecule has 6 rings (SSSR count). The van der Waals surface area contributed by atoms with E-state index >= 15 is 4.39 Å². The number of alkyl halides is 1. The Hall–Kier alpha value is -2.55. The van der Waals surface area contributed by atoms with Gasteiger partial charge in [0.15, 0.2) is 6.35 Å². The average molecular weight is 567 g/mol. The molecule has 1 saturated carbocycles.